The van der Waals surface area contributed by atoms with Gasteiger partial charge in [-0.3, -0.25) is 4.90 Å². The van der Waals surface area contributed by atoms with Gasteiger partial charge in [-0.1, -0.05) is 0 Å². The average molecular weight is 331 g/mol. The summed E-state index contributed by atoms with van der Waals surface area (Å²) in [6.45, 7) is 7.59. The van der Waals surface area contributed by atoms with E-state index in [9.17, 15) is 4.79 Å². The maximum absolute atomic E-state index is 10.9. The van der Waals surface area contributed by atoms with E-state index in [-0.39, 0.29) is 6.10 Å². The number of carboxylic acids is 1. The van der Waals surface area contributed by atoms with Gasteiger partial charge in [0.1, 0.15) is 0 Å². The summed E-state index contributed by atoms with van der Waals surface area (Å²) in [7, 11) is 0. The van der Waals surface area contributed by atoms with Crippen molar-refractivity contribution in [1.29, 1.82) is 0 Å². The van der Waals surface area contributed by atoms with Crippen LogP contribution in [0.25, 0.3) is 0 Å². The molecule has 1 aromatic rings. The minimum Gasteiger partial charge on any atom is -0.478 e. The molecule has 0 amide bonds. The maximum Gasteiger partial charge on any atom is 0.337 e. The van der Waals surface area contributed by atoms with Crippen LogP contribution in [0.4, 0.5) is 0 Å². The van der Waals surface area contributed by atoms with Gasteiger partial charge in [0.15, 0.2) is 0 Å². The lowest BCUT2D eigenvalue weighted by molar-refractivity contribution is -0.0458. The van der Waals surface area contributed by atoms with E-state index in [2.05, 4.69) is 34.7 Å². The average Bonchev–Trinajstić information content (AvgIpc) is 2.71. The van der Waals surface area contributed by atoms with Gasteiger partial charge in [-0.05, 0) is 35.8 Å². The van der Waals surface area contributed by atoms with Gasteiger partial charge >= 0.3 is 5.97 Å². The smallest absolute Gasteiger partial charge is 0.337 e. The first-order valence-electron chi connectivity index (χ1n) is 6.42. The summed E-state index contributed by atoms with van der Waals surface area (Å²) < 4.78 is 8.42. The molecule has 0 aromatic carbocycles. The highest BCUT2D eigenvalue weighted by Gasteiger charge is 2.23. The van der Waals surface area contributed by atoms with Gasteiger partial charge in [0.05, 0.1) is 29.4 Å². The molecule has 1 aliphatic rings. The molecule has 1 aliphatic heterocycles. The van der Waals surface area contributed by atoms with E-state index >= 15 is 0 Å². The molecule has 1 N–H and O–H groups in total. The fourth-order valence-corrected chi connectivity index (χ4v) is 2.77. The van der Waals surface area contributed by atoms with E-state index in [1.54, 1.807) is 12.3 Å². The number of nitrogens with zero attached hydrogens (tertiary/aromatic N) is 2. The first-order chi connectivity index (χ1) is 8.97. The highest BCUT2D eigenvalue weighted by molar-refractivity contribution is 9.10. The van der Waals surface area contributed by atoms with Crippen LogP contribution in [0.15, 0.2) is 16.9 Å². The predicted molar refractivity (Wildman–Crippen MR) is 75.5 cm³/mol. The van der Waals surface area contributed by atoms with Crippen molar-refractivity contribution in [2.75, 3.05) is 19.7 Å². The van der Waals surface area contributed by atoms with Crippen LogP contribution in [-0.2, 0) is 11.3 Å². The van der Waals surface area contributed by atoms with Crippen LogP contribution in [0.5, 0.6) is 0 Å². The topological polar surface area (TPSA) is 54.7 Å². The maximum atomic E-state index is 10.9. The van der Waals surface area contributed by atoms with Crippen molar-refractivity contribution in [1.82, 2.24) is 9.47 Å². The van der Waals surface area contributed by atoms with E-state index in [4.69, 9.17) is 9.84 Å². The van der Waals surface area contributed by atoms with Crippen LogP contribution in [0.3, 0.4) is 0 Å². The zero-order valence-corrected chi connectivity index (χ0v) is 12.8. The summed E-state index contributed by atoms with van der Waals surface area (Å²) in [5.74, 6) is -0.909. The Labute approximate surface area is 121 Å². The van der Waals surface area contributed by atoms with Crippen molar-refractivity contribution in [2.45, 2.75) is 32.5 Å². The predicted octanol–water partition coefficient (Wildman–Crippen LogP) is 2.06. The Bertz CT molecular complexity index is 459. The molecule has 6 heteroatoms. The molecule has 19 heavy (non-hydrogen) atoms. The summed E-state index contributed by atoms with van der Waals surface area (Å²) >= 11 is 3.39. The molecule has 1 aromatic heterocycles. The van der Waals surface area contributed by atoms with Crippen LogP contribution < -0.4 is 0 Å². The molecule has 0 aliphatic carbocycles. The van der Waals surface area contributed by atoms with E-state index in [0.717, 1.165) is 24.3 Å². The molecule has 1 atom stereocenters. The minimum absolute atomic E-state index is 0.0986. The number of hydrogen-bond acceptors (Lipinski definition) is 3. The fraction of sp³-hybridized carbons (Fsp3) is 0.615. The third-order valence-corrected chi connectivity index (χ3v) is 4.08. The Morgan fingerprint density at radius 3 is 2.95 bits per heavy atom. The Balaban J connectivity index is 2.02. The van der Waals surface area contributed by atoms with E-state index in [1.165, 1.54) is 0 Å². The number of ether oxygens (including phenoxy) is 1. The minimum atomic E-state index is -0.909. The second-order valence-electron chi connectivity index (χ2n) is 5.09. The summed E-state index contributed by atoms with van der Waals surface area (Å²) in [6.07, 6.45) is 1.74. The highest BCUT2D eigenvalue weighted by Crippen LogP contribution is 2.18. The lowest BCUT2D eigenvalue weighted by atomic mass is 10.2. The van der Waals surface area contributed by atoms with Gasteiger partial charge < -0.3 is 14.4 Å². The summed E-state index contributed by atoms with van der Waals surface area (Å²) in [5, 5.41) is 8.97. The molecule has 106 valence electrons. The van der Waals surface area contributed by atoms with E-state index in [0.29, 0.717) is 18.2 Å². The summed E-state index contributed by atoms with van der Waals surface area (Å²) in [4.78, 5) is 13.3. The molecule has 0 saturated carbocycles. The lowest BCUT2D eigenvalue weighted by Crippen LogP contribution is -2.47. The third kappa shape index (κ3) is 3.58. The zero-order valence-electron chi connectivity index (χ0n) is 11.2. The Morgan fingerprint density at radius 1 is 1.63 bits per heavy atom. The monoisotopic (exact) mass is 330 g/mol. The van der Waals surface area contributed by atoms with Gasteiger partial charge in [0.25, 0.3) is 0 Å². The SMILES string of the molecule is CC(C)N1CCOC(Cn2cc(C(=O)O)cc2Br)C1. The number of halogens is 1. The summed E-state index contributed by atoms with van der Waals surface area (Å²) in [5.41, 5.74) is 0.295. The second kappa shape index (κ2) is 6.07. The number of rotatable bonds is 4. The Kier molecular flexibility index (Phi) is 4.65. The fourth-order valence-electron chi connectivity index (χ4n) is 2.28. The lowest BCUT2D eigenvalue weighted by Gasteiger charge is -2.35. The van der Waals surface area contributed by atoms with Gasteiger partial charge in [0.2, 0.25) is 0 Å². The highest BCUT2D eigenvalue weighted by atomic mass is 79.9. The van der Waals surface area contributed by atoms with Crippen molar-refractivity contribution in [3.63, 3.8) is 0 Å². The molecule has 1 saturated heterocycles. The number of carboxylic acid groups (broad SMARTS) is 1. The summed E-state index contributed by atoms with van der Waals surface area (Å²) in [6, 6.07) is 2.12. The van der Waals surface area contributed by atoms with E-state index < -0.39 is 5.97 Å². The Hall–Kier alpha value is -0.850. The first-order valence-corrected chi connectivity index (χ1v) is 7.21. The first kappa shape index (κ1) is 14.6. The quantitative estimate of drug-likeness (QED) is 0.918. The normalized spacial score (nSPS) is 20.9. The second-order valence-corrected chi connectivity index (χ2v) is 5.90. The zero-order chi connectivity index (χ0) is 14.0. The van der Waals surface area contributed by atoms with Crippen molar-refractivity contribution in [3.05, 3.63) is 22.4 Å². The molecule has 0 radical (unpaired) electrons. The standard InChI is InChI=1S/C13H19BrN2O3/c1-9(2)15-3-4-19-11(7-15)8-16-6-10(13(17)18)5-12(16)14/h5-6,9,11H,3-4,7-8H2,1-2H3,(H,17,18). The van der Waals surface area contributed by atoms with Gasteiger partial charge in [-0.15, -0.1) is 0 Å². The third-order valence-electron chi connectivity index (χ3n) is 3.39. The van der Waals surface area contributed by atoms with Crippen LogP contribution >= 0.6 is 15.9 Å². The van der Waals surface area contributed by atoms with Crippen LogP contribution in [0.2, 0.25) is 0 Å². The molecular weight excluding hydrogens is 312 g/mol. The number of hydrogen-bond donors (Lipinski definition) is 1. The molecule has 1 unspecified atom stereocenters. The number of aromatic carboxylic acids is 1. The van der Waals surface area contributed by atoms with Crippen molar-refractivity contribution in [3.8, 4) is 0 Å². The van der Waals surface area contributed by atoms with Crippen LogP contribution in [0, 0.1) is 0 Å². The van der Waals surface area contributed by atoms with Crippen molar-refractivity contribution in [2.24, 2.45) is 0 Å². The Morgan fingerprint density at radius 2 is 2.37 bits per heavy atom. The van der Waals surface area contributed by atoms with Crippen molar-refractivity contribution >= 4 is 21.9 Å². The van der Waals surface area contributed by atoms with Crippen molar-refractivity contribution < 1.29 is 14.6 Å². The van der Waals surface area contributed by atoms with Crippen LogP contribution in [-0.4, -0.2) is 52.4 Å². The number of carbonyl (C=O) groups is 1. The molecular formula is C13H19BrN2O3. The largest absolute Gasteiger partial charge is 0.478 e. The molecule has 1 fully saturated rings. The molecule has 2 rings (SSSR count). The van der Waals surface area contributed by atoms with Crippen LogP contribution in [0.1, 0.15) is 24.2 Å². The van der Waals surface area contributed by atoms with Gasteiger partial charge in [0, 0.05) is 25.3 Å². The molecule has 0 bridgehead atoms. The van der Waals surface area contributed by atoms with Gasteiger partial charge in [-0.2, -0.15) is 0 Å². The van der Waals surface area contributed by atoms with E-state index in [1.807, 2.05) is 4.57 Å². The molecule has 5 nitrogen and oxygen atoms in total. The number of morpholine rings is 1. The molecule has 2 heterocycles. The molecule has 0 spiro atoms. The number of aromatic nitrogens is 1. The van der Waals surface area contributed by atoms with Gasteiger partial charge in [-0.25, -0.2) is 4.79 Å².